The van der Waals surface area contributed by atoms with E-state index in [-0.39, 0.29) is 11.4 Å². The molecule has 0 unspecified atom stereocenters. The van der Waals surface area contributed by atoms with Crippen LogP contribution in [0.15, 0.2) is 108 Å². The normalized spacial score (nSPS) is 17.8. The van der Waals surface area contributed by atoms with Crippen LogP contribution in [0.3, 0.4) is 0 Å². The minimum absolute atomic E-state index is 0.194. The Labute approximate surface area is 224 Å². The molecule has 188 valence electrons. The van der Waals surface area contributed by atoms with Gasteiger partial charge in [0.2, 0.25) is 0 Å². The lowest BCUT2D eigenvalue weighted by molar-refractivity contribution is 0.131. The third-order valence-electron chi connectivity index (χ3n) is 5.85. The van der Waals surface area contributed by atoms with Crippen LogP contribution < -0.4 is 0 Å². The van der Waals surface area contributed by atoms with Crippen LogP contribution in [0.2, 0.25) is 19.6 Å². The summed E-state index contributed by atoms with van der Waals surface area (Å²) in [4.78, 5) is 14.6. The minimum Gasteiger partial charge on any atom is -0.438 e. The number of alkyl halides is 2. The highest BCUT2D eigenvalue weighted by molar-refractivity contribution is 6.83. The zero-order chi connectivity index (χ0) is 26.1. The third-order valence-corrected chi connectivity index (χ3v) is 7.88. The summed E-state index contributed by atoms with van der Waals surface area (Å²) in [6, 6.07) is 28.9. The van der Waals surface area contributed by atoms with Gasteiger partial charge in [-0.2, -0.15) is 0 Å². The summed E-state index contributed by atoms with van der Waals surface area (Å²) in [6.45, 7) is 6.50. The Kier molecular flexibility index (Phi) is 10.00. The van der Waals surface area contributed by atoms with Gasteiger partial charge in [-0.3, -0.25) is 4.90 Å². The van der Waals surface area contributed by atoms with Crippen LogP contribution in [-0.2, 0) is 4.74 Å². The smallest absolute Gasteiger partial charge is 0.415 e. The molecule has 36 heavy (non-hydrogen) atoms. The Morgan fingerprint density at radius 1 is 0.944 bits per heavy atom. The first kappa shape index (κ1) is 27.8. The maximum atomic E-state index is 13.0. The third kappa shape index (κ3) is 6.91. The van der Waals surface area contributed by atoms with Crippen molar-refractivity contribution in [2.45, 2.75) is 37.9 Å². The molecule has 0 bridgehead atoms. The highest BCUT2D eigenvalue weighted by Gasteiger charge is 2.42. The number of aliphatic hydroxyl groups excluding tert-OH is 1. The van der Waals surface area contributed by atoms with Gasteiger partial charge in [-0.25, -0.2) is 4.79 Å². The number of rotatable bonds is 6. The Morgan fingerprint density at radius 3 is 1.92 bits per heavy atom. The van der Waals surface area contributed by atoms with Crippen LogP contribution in [0.25, 0.3) is 0 Å². The van der Waals surface area contributed by atoms with Crippen LogP contribution in [0.1, 0.15) is 34.9 Å². The quantitative estimate of drug-likeness (QED) is 0.196. The van der Waals surface area contributed by atoms with E-state index in [0.29, 0.717) is 0 Å². The molecule has 1 heterocycles. The zero-order valence-electron chi connectivity index (χ0n) is 20.6. The SMILES string of the molecule is C[Si](C)(C)C(=C=CN1C(=O)O[C@H](c2ccccc2)[C@@H]1c1ccccc1)[C@H](O)c1ccccc1.ClCCl. The number of cyclic esters (lactones) is 1. The molecule has 0 spiro atoms. The van der Waals surface area contributed by atoms with Crippen molar-refractivity contribution in [3.8, 4) is 0 Å². The summed E-state index contributed by atoms with van der Waals surface area (Å²) in [5, 5.41) is 12.2. The van der Waals surface area contributed by atoms with E-state index < -0.39 is 26.4 Å². The van der Waals surface area contributed by atoms with E-state index >= 15 is 0 Å². The Balaban J connectivity index is 0.00000115. The molecule has 1 saturated heterocycles. The summed E-state index contributed by atoms with van der Waals surface area (Å²) in [7, 11) is -1.96. The molecule has 0 aromatic heterocycles. The average molecular weight is 541 g/mol. The second-order valence-corrected chi connectivity index (χ2v) is 15.2. The molecule has 1 aliphatic rings. The molecule has 1 amide bonds. The molecule has 4 rings (SSSR count). The maximum Gasteiger partial charge on any atom is 0.415 e. The second kappa shape index (κ2) is 13.0. The van der Waals surface area contributed by atoms with E-state index in [9.17, 15) is 9.90 Å². The van der Waals surface area contributed by atoms with E-state index in [1.54, 1.807) is 11.1 Å². The molecule has 0 aliphatic carbocycles. The average Bonchev–Trinajstić information content (AvgIpc) is 3.21. The van der Waals surface area contributed by atoms with Gasteiger partial charge in [0.15, 0.2) is 6.10 Å². The standard InChI is InChI=1S/C28H29NO3Si.CH2Cl2/c1-33(2,3)24(26(30)22-15-9-5-10-16-22)19-20-29-25(21-13-7-4-8-14-21)27(32-28(29)31)23-17-11-6-12-18-23;2-1-3/h4-18,20,25-27,30H,1-3H3;1H2/t19?,25-,26+,27+;/m0./s1. The first-order valence-electron chi connectivity index (χ1n) is 11.7. The van der Waals surface area contributed by atoms with Crippen LogP contribution >= 0.6 is 23.2 Å². The summed E-state index contributed by atoms with van der Waals surface area (Å²) in [5.74, 6) is 0. The summed E-state index contributed by atoms with van der Waals surface area (Å²) in [5.41, 5.74) is 6.07. The van der Waals surface area contributed by atoms with Gasteiger partial charge in [0.05, 0.1) is 19.6 Å². The van der Waals surface area contributed by atoms with Crippen molar-refractivity contribution in [2.75, 3.05) is 5.34 Å². The van der Waals surface area contributed by atoms with Gasteiger partial charge < -0.3 is 9.84 Å². The van der Waals surface area contributed by atoms with Crippen molar-refractivity contribution >= 4 is 37.4 Å². The first-order chi connectivity index (χ1) is 17.3. The number of carbonyl (C=O) groups excluding carboxylic acids is 1. The van der Waals surface area contributed by atoms with E-state index in [1.165, 1.54) is 0 Å². The number of nitrogens with zero attached hydrogens (tertiary/aromatic N) is 1. The molecule has 4 nitrogen and oxygen atoms in total. The fourth-order valence-corrected chi connectivity index (χ4v) is 5.64. The van der Waals surface area contributed by atoms with Crippen LogP contribution in [0, 0.1) is 0 Å². The Bertz CT molecular complexity index is 1180. The molecule has 0 radical (unpaired) electrons. The molecule has 1 fully saturated rings. The molecular weight excluding hydrogens is 509 g/mol. The number of hydrogen-bond acceptors (Lipinski definition) is 3. The number of aliphatic hydroxyl groups is 1. The number of amides is 1. The number of ether oxygens (including phenoxy) is 1. The fourth-order valence-electron chi connectivity index (χ4n) is 4.15. The van der Waals surface area contributed by atoms with Crippen molar-refractivity contribution in [1.29, 1.82) is 0 Å². The van der Waals surface area contributed by atoms with Crippen molar-refractivity contribution in [3.05, 3.63) is 125 Å². The van der Waals surface area contributed by atoms with E-state index in [4.69, 9.17) is 27.9 Å². The lowest BCUT2D eigenvalue weighted by Gasteiger charge is -2.25. The monoisotopic (exact) mass is 539 g/mol. The number of carbonyl (C=O) groups is 1. The summed E-state index contributed by atoms with van der Waals surface area (Å²) >= 11 is 9.53. The number of halogens is 2. The maximum absolute atomic E-state index is 13.0. The zero-order valence-corrected chi connectivity index (χ0v) is 23.2. The van der Waals surface area contributed by atoms with Gasteiger partial charge in [-0.15, -0.1) is 28.9 Å². The van der Waals surface area contributed by atoms with Gasteiger partial charge in [-0.05, 0) is 21.9 Å². The molecule has 1 aliphatic heterocycles. The highest BCUT2D eigenvalue weighted by Crippen LogP contribution is 2.43. The van der Waals surface area contributed by atoms with E-state index in [0.717, 1.165) is 21.9 Å². The molecule has 3 aromatic carbocycles. The fraction of sp³-hybridized carbons (Fsp3) is 0.241. The lowest BCUT2D eigenvalue weighted by atomic mass is 9.96. The Hall–Kier alpha value is -2.79. The van der Waals surface area contributed by atoms with Crippen LogP contribution in [-0.4, -0.2) is 29.5 Å². The predicted octanol–water partition coefficient (Wildman–Crippen LogP) is 7.99. The van der Waals surface area contributed by atoms with Crippen LogP contribution in [0.4, 0.5) is 4.79 Å². The van der Waals surface area contributed by atoms with Gasteiger partial charge in [-0.1, -0.05) is 111 Å². The highest BCUT2D eigenvalue weighted by atomic mass is 35.5. The van der Waals surface area contributed by atoms with E-state index in [1.807, 2.05) is 91.0 Å². The van der Waals surface area contributed by atoms with Crippen molar-refractivity contribution in [3.63, 3.8) is 0 Å². The topological polar surface area (TPSA) is 49.8 Å². The number of hydrogen-bond donors (Lipinski definition) is 1. The number of benzene rings is 3. The van der Waals surface area contributed by atoms with Crippen molar-refractivity contribution in [2.24, 2.45) is 0 Å². The summed E-state index contributed by atoms with van der Waals surface area (Å²) in [6.07, 6.45) is 0.0403. The van der Waals surface area contributed by atoms with Gasteiger partial charge in [0.1, 0.15) is 12.1 Å². The summed E-state index contributed by atoms with van der Waals surface area (Å²) < 4.78 is 5.85. The second-order valence-electron chi connectivity index (χ2n) is 9.33. The van der Waals surface area contributed by atoms with Crippen molar-refractivity contribution in [1.82, 2.24) is 4.90 Å². The minimum atomic E-state index is -1.96. The van der Waals surface area contributed by atoms with Gasteiger partial charge >= 0.3 is 6.09 Å². The Morgan fingerprint density at radius 2 is 1.42 bits per heavy atom. The van der Waals surface area contributed by atoms with Crippen LogP contribution in [0.5, 0.6) is 0 Å². The molecular formula is C29H31Cl2NO3Si. The van der Waals surface area contributed by atoms with Gasteiger partial charge in [0, 0.05) is 0 Å². The van der Waals surface area contributed by atoms with Crippen molar-refractivity contribution < 1.29 is 14.6 Å². The molecule has 0 saturated carbocycles. The largest absolute Gasteiger partial charge is 0.438 e. The van der Waals surface area contributed by atoms with Gasteiger partial charge in [0.25, 0.3) is 0 Å². The predicted molar refractivity (Wildman–Crippen MR) is 150 cm³/mol. The molecule has 1 N–H and O–H groups in total. The van der Waals surface area contributed by atoms with E-state index in [2.05, 4.69) is 25.4 Å². The first-order valence-corrected chi connectivity index (χ1v) is 16.3. The lowest BCUT2D eigenvalue weighted by Crippen LogP contribution is -2.28. The molecule has 7 heteroatoms. The molecule has 3 aromatic rings. The molecule has 3 atom stereocenters.